The molecule has 1 N–H and O–H groups in total. The quantitative estimate of drug-likeness (QED) is 0.774. The highest BCUT2D eigenvalue weighted by atomic mass is 15.3. The summed E-state index contributed by atoms with van der Waals surface area (Å²) in [5.74, 6) is 1.81. The zero-order valence-electron chi connectivity index (χ0n) is 12.8. The van der Waals surface area contributed by atoms with Crippen molar-refractivity contribution < 1.29 is 0 Å². The summed E-state index contributed by atoms with van der Waals surface area (Å²) in [6.07, 6.45) is 5.57. The van der Waals surface area contributed by atoms with Crippen molar-refractivity contribution in [2.75, 3.05) is 49.5 Å². The Hall–Kier alpha value is -1.36. The van der Waals surface area contributed by atoms with Crippen LogP contribution >= 0.6 is 0 Å². The fraction of sp³-hybridized carbons (Fsp3) is 0.733. The molecule has 1 saturated heterocycles. The molecule has 0 bridgehead atoms. The van der Waals surface area contributed by atoms with Gasteiger partial charge in [0.15, 0.2) is 0 Å². The topological polar surface area (TPSA) is 44.3 Å². The second-order valence-corrected chi connectivity index (χ2v) is 5.30. The smallest absolute Gasteiger partial charge is 0.227 e. The highest BCUT2D eigenvalue weighted by molar-refractivity contribution is 5.41. The maximum absolute atomic E-state index is 4.63. The number of piperazine rings is 1. The van der Waals surface area contributed by atoms with E-state index in [0.29, 0.717) is 0 Å². The average Bonchev–Trinajstić information content (AvgIpc) is 2.52. The molecule has 0 unspecified atom stereocenters. The van der Waals surface area contributed by atoms with Gasteiger partial charge in [0.05, 0.1) is 0 Å². The molecule has 0 amide bonds. The van der Waals surface area contributed by atoms with E-state index >= 15 is 0 Å². The lowest BCUT2D eigenvalue weighted by atomic mass is 10.2. The molecule has 0 aromatic carbocycles. The summed E-state index contributed by atoms with van der Waals surface area (Å²) in [5.41, 5.74) is 0. The van der Waals surface area contributed by atoms with E-state index in [2.05, 4.69) is 38.9 Å². The monoisotopic (exact) mass is 277 g/mol. The van der Waals surface area contributed by atoms with Crippen LogP contribution in [0.15, 0.2) is 12.3 Å². The molecule has 0 saturated carbocycles. The first-order valence-electron chi connectivity index (χ1n) is 7.87. The van der Waals surface area contributed by atoms with E-state index in [1.165, 1.54) is 19.3 Å². The van der Waals surface area contributed by atoms with Crippen LogP contribution in [0.3, 0.4) is 0 Å². The van der Waals surface area contributed by atoms with Gasteiger partial charge in [-0.05, 0) is 19.0 Å². The summed E-state index contributed by atoms with van der Waals surface area (Å²) in [5, 5.41) is 3.39. The number of hydrogen-bond donors (Lipinski definition) is 1. The van der Waals surface area contributed by atoms with Crippen molar-refractivity contribution >= 4 is 11.8 Å². The molecule has 2 heterocycles. The van der Waals surface area contributed by atoms with E-state index in [1.807, 2.05) is 12.3 Å². The molecular weight excluding hydrogens is 250 g/mol. The lowest BCUT2D eigenvalue weighted by molar-refractivity contribution is 0.270. The van der Waals surface area contributed by atoms with Gasteiger partial charge >= 0.3 is 0 Å². The van der Waals surface area contributed by atoms with E-state index in [-0.39, 0.29) is 0 Å². The van der Waals surface area contributed by atoms with Gasteiger partial charge in [-0.25, -0.2) is 4.98 Å². The molecule has 5 heteroatoms. The predicted octanol–water partition coefficient (Wildman–Crippen LogP) is 2.22. The summed E-state index contributed by atoms with van der Waals surface area (Å²) in [6, 6.07) is 1.96. The Morgan fingerprint density at radius 1 is 1.15 bits per heavy atom. The largest absolute Gasteiger partial charge is 0.370 e. The summed E-state index contributed by atoms with van der Waals surface area (Å²) >= 11 is 0. The molecule has 1 fully saturated rings. The van der Waals surface area contributed by atoms with Crippen molar-refractivity contribution in [2.24, 2.45) is 0 Å². The van der Waals surface area contributed by atoms with Crippen molar-refractivity contribution in [3.8, 4) is 0 Å². The lowest BCUT2D eigenvalue weighted by Gasteiger charge is -2.34. The summed E-state index contributed by atoms with van der Waals surface area (Å²) < 4.78 is 0. The van der Waals surface area contributed by atoms with Crippen LogP contribution in [0.25, 0.3) is 0 Å². The van der Waals surface area contributed by atoms with Gasteiger partial charge in [0, 0.05) is 38.9 Å². The number of unbranched alkanes of at least 4 members (excludes halogenated alkanes) is 2. The number of likely N-dealkylation sites (N-methyl/N-ethyl adjacent to an activating group) is 1. The van der Waals surface area contributed by atoms with Gasteiger partial charge < -0.3 is 15.1 Å². The highest BCUT2D eigenvalue weighted by Gasteiger charge is 2.17. The van der Waals surface area contributed by atoms with Crippen LogP contribution < -0.4 is 10.2 Å². The fourth-order valence-electron chi connectivity index (χ4n) is 2.45. The minimum atomic E-state index is 0.862. The zero-order valence-corrected chi connectivity index (χ0v) is 12.8. The van der Waals surface area contributed by atoms with Gasteiger partial charge in [0.25, 0.3) is 0 Å². The van der Waals surface area contributed by atoms with Gasteiger partial charge in [0.1, 0.15) is 5.82 Å². The van der Waals surface area contributed by atoms with Crippen LogP contribution in [0.1, 0.15) is 33.1 Å². The summed E-state index contributed by atoms with van der Waals surface area (Å²) in [7, 11) is 0. The van der Waals surface area contributed by atoms with Crippen molar-refractivity contribution in [1.82, 2.24) is 14.9 Å². The van der Waals surface area contributed by atoms with Crippen LogP contribution in [0.2, 0.25) is 0 Å². The molecule has 1 aromatic rings. The Kier molecular flexibility index (Phi) is 6.05. The lowest BCUT2D eigenvalue weighted by Crippen LogP contribution is -2.46. The van der Waals surface area contributed by atoms with Gasteiger partial charge in [-0.2, -0.15) is 4.98 Å². The second kappa shape index (κ2) is 8.04. The number of hydrogen-bond acceptors (Lipinski definition) is 5. The third-order valence-electron chi connectivity index (χ3n) is 3.83. The molecule has 1 aliphatic heterocycles. The van der Waals surface area contributed by atoms with E-state index < -0.39 is 0 Å². The molecule has 1 aliphatic rings. The third-order valence-corrected chi connectivity index (χ3v) is 3.83. The van der Waals surface area contributed by atoms with E-state index in [4.69, 9.17) is 0 Å². The molecule has 0 atom stereocenters. The van der Waals surface area contributed by atoms with Crippen molar-refractivity contribution in [3.05, 3.63) is 12.3 Å². The number of rotatable bonds is 7. The minimum absolute atomic E-state index is 0.862. The Morgan fingerprint density at radius 3 is 2.65 bits per heavy atom. The van der Waals surface area contributed by atoms with Gasteiger partial charge in [-0.1, -0.05) is 26.7 Å². The van der Waals surface area contributed by atoms with Gasteiger partial charge in [-0.3, -0.25) is 0 Å². The number of nitrogens with one attached hydrogen (secondary N) is 1. The Bertz CT molecular complexity index is 388. The zero-order chi connectivity index (χ0) is 14.2. The van der Waals surface area contributed by atoms with Crippen LogP contribution in [0.4, 0.5) is 11.8 Å². The van der Waals surface area contributed by atoms with Crippen LogP contribution in [0, 0.1) is 0 Å². The molecule has 112 valence electrons. The van der Waals surface area contributed by atoms with E-state index in [0.717, 1.165) is 51.0 Å². The molecular formula is C15H27N5. The Balaban J connectivity index is 1.86. The van der Waals surface area contributed by atoms with Crippen LogP contribution in [0.5, 0.6) is 0 Å². The highest BCUT2D eigenvalue weighted by Crippen LogP contribution is 2.13. The van der Waals surface area contributed by atoms with Crippen LogP contribution in [-0.4, -0.2) is 54.1 Å². The molecule has 0 radical (unpaired) electrons. The number of aromatic nitrogens is 2. The normalized spacial score (nSPS) is 16.4. The third kappa shape index (κ3) is 4.34. The predicted molar refractivity (Wildman–Crippen MR) is 84.4 cm³/mol. The fourth-order valence-corrected chi connectivity index (χ4v) is 2.45. The first-order chi connectivity index (χ1) is 9.83. The Labute approximate surface area is 122 Å². The SMILES string of the molecule is CCCCCNc1ccnc(N2CCN(CC)CC2)n1. The number of anilines is 2. The molecule has 2 rings (SSSR count). The summed E-state index contributed by atoms with van der Waals surface area (Å²) in [6.45, 7) is 10.8. The van der Waals surface area contributed by atoms with Crippen LogP contribution in [-0.2, 0) is 0 Å². The van der Waals surface area contributed by atoms with Gasteiger partial charge in [0.2, 0.25) is 5.95 Å². The molecule has 20 heavy (non-hydrogen) atoms. The van der Waals surface area contributed by atoms with Crippen molar-refractivity contribution in [1.29, 1.82) is 0 Å². The van der Waals surface area contributed by atoms with E-state index in [1.54, 1.807) is 0 Å². The summed E-state index contributed by atoms with van der Waals surface area (Å²) in [4.78, 5) is 13.8. The first-order valence-corrected chi connectivity index (χ1v) is 7.87. The average molecular weight is 277 g/mol. The molecule has 5 nitrogen and oxygen atoms in total. The Morgan fingerprint density at radius 2 is 1.95 bits per heavy atom. The minimum Gasteiger partial charge on any atom is -0.370 e. The van der Waals surface area contributed by atoms with E-state index in [9.17, 15) is 0 Å². The molecule has 1 aromatic heterocycles. The second-order valence-electron chi connectivity index (χ2n) is 5.30. The number of nitrogens with zero attached hydrogens (tertiary/aromatic N) is 4. The van der Waals surface area contributed by atoms with Crippen molar-refractivity contribution in [3.63, 3.8) is 0 Å². The van der Waals surface area contributed by atoms with Gasteiger partial charge in [-0.15, -0.1) is 0 Å². The van der Waals surface area contributed by atoms with Crippen molar-refractivity contribution in [2.45, 2.75) is 33.1 Å². The molecule has 0 aliphatic carbocycles. The maximum atomic E-state index is 4.63. The maximum Gasteiger partial charge on any atom is 0.227 e. The standard InChI is InChI=1S/C15H27N5/c1-3-5-6-8-16-14-7-9-17-15(18-14)20-12-10-19(4-2)11-13-20/h7,9H,3-6,8,10-13H2,1-2H3,(H,16,17,18). The molecule has 0 spiro atoms. The first kappa shape index (κ1) is 15.0.